The van der Waals surface area contributed by atoms with Crippen molar-refractivity contribution in [2.75, 3.05) is 0 Å². The molecule has 0 aliphatic heterocycles. The summed E-state index contributed by atoms with van der Waals surface area (Å²) in [5.74, 6) is 0.337. The van der Waals surface area contributed by atoms with Crippen LogP contribution in [-0.4, -0.2) is 9.67 Å². The molecule has 96 valence electrons. The third-order valence-electron chi connectivity index (χ3n) is 3.32. The first kappa shape index (κ1) is 12.3. The van der Waals surface area contributed by atoms with Crippen molar-refractivity contribution in [2.45, 2.75) is 13.5 Å². The first-order chi connectivity index (χ1) is 9.15. The maximum absolute atomic E-state index is 10.4. The maximum atomic E-state index is 10.4. The third-order valence-corrected chi connectivity index (χ3v) is 3.77. The van der Waals surface area contributed by atoms with Crippen molar-refractivity contribution >= 4 is 26.7 Å². The predicted molar refractivity (Wildman–Crippen MR) is 81.6 cm³/mol. The van der Waals surface area contributed by atoms with Gasteiger partial charge in [0.1, 0.15) is 0 Å². The molecule has 0 atom stereocenters. The van der Waals surface area contributed by atoms with Gasteiger partial charge in [0.05, 0.1) is 6.54 Å². The topological polar surface area (TPSA) is 25.2 Å². The number of aryl methyl sites for hydroxylation is 1. The van der Waals surface area contributed by atoms with Gasteiger partial charge < -0.3 is 9.67 Å². The number of hydrogen-bond acceptors (Lipinski definition) is 1. The first-order valence-electron chi connectivity index (χ1n) is 6.17. The zero-order valence-corrected chi connectivity index (χ0v) is 12.2. The molecule has 0 saturated carbocycles. The number of rotatable bonds is 2. The molecule has 0 radical (unpaired) electrons. The molecule has 1 heterocycles. The van der Waals surface area contributed by atoms with Gasteiger partial charge in [-0.2, -0.15) is 0 Å². The highest BCUT2D eigenvalue weighted by atomic mass is 79.9. The fraction of sp³-hybridized carbons (Fsp3) is 0.125. The van der Waals surface area contributed by atoms with E-state index in [2.05, 4.69) is 28.1 Å². The Hall–Kier alpha value is -1.74. The third kappa shape index (κ3) is 2.26. The minimum atomic E-state index is 0.337. The van der Waals surface area contributed by atoms with E-state index in [4.69, 9.17) is 0 Å². The molecule has 0 amide bonds. The summed E-state index contributed by atoms with van der Waals surface area (Å²) in [4.78, 5) is 0. The standard InChI is InChI=1S/C16H14BrNO/c1-11-7-14(17)8-13-10-18(16(19)15(11)13)9-12-5-3-2-4-6-12/h2-8,10,19H,9H2,1H3. The molecule has 0 aliphatic rings. The number of aromatic nitrogens is 1. The van der Waals surface area contributed by atoms with Gasteiger partial charge in [-0.3, -0.25) is 0 Å². The average Bonchev–Trinajstić information content (AvgIpc) is 2.67. The second kappa shape index (κ2) is 4.74. The molecular weight excluding hydrogens is 302 g/mol. The number of hydrogen-bond donors (Lipinski definition) is 1. The van der Waals surface area contributed by atoms with E-state index in [1.807, 2.05) is 48.0 Å². The van der Waals surface area contributed by atoms with Gasteiger partial charge in [-0.25, -0.2) is 0 Å². The monoisotopic (exact) mass is 315 g/mol. The van der Waals surface area contributed by atoms with Gasteiger partial charge in [0.2, 0.25) is 0 Å². The number of nitrogens with zero attached hydrogens (tertiary/aromatic N) is 1. The van der Waals surface area contributed by atoms with E-state index in [0.29, 0.717) is 12.4 Å². The lowest BCUT2D eigenvalue weighted by molar-refractivity contribution is 0.430. The summed E-state index contributed by atoms with van der Waals surface area (Å²) >= 11 is 3.49. The summed E-state index contributed by atoms with van der Waals surface area (Å²) < 4.78 is 2.92. The predicted octanol–water partition coefficient (Wildman–Crippen LogP) is 4.47. The summed E-state index contributed by atoms with van der Waals surface area (Å²) in [5.41, 5.74) is 2.25. The SMILES string of the molecule is Cc1cc(Br)cc2cn(Cc3ccccc3)c(O)c12. The van der Waals surface area contributed by atoms with Crippen LogP contribution in [0.5, 0.6) is 5.88 Å². The van der Waals surface area contributed by atoms with Crippen LogP contribution in [0, 0.1) is 6.92 Å². The van der Waals surface area contributed by atoms with Crippen LogP contribution in [0.15, 0.2) is 53.1 Å². The zero-order chi connectivity index (χ0) is 13.4. The molecule has 1 aromatic heterocycles. The van der Waals surface area contributed by atoms with Crippen LogP contribution in [0.3, 0.4) is 0 Å². The smallest absolute Gasteiger partial charge is 0.199 e. The Balaban J connectivity index is 2.10. The lowest BCUT2D eigenvalue weighted by Gasteiger charge is -2.05. The summed E-state index contributed by atoms with van der Waals surface area (Å²) in [6.45, 7) is 2.69. The van der Waals surface area contributed by atoms with Crippen LogP contribution in [-0.2, 0) is 6.54 Å². The molecule has 19 heavy (non-hydrogen) atoms. The van der Waals surface area contributed by atoms with Gasteiger partial charge in [0, 0.05) is 21.4 Å². The van der Waals surface area contributed by atoms with E-state index in [1.165, 1.54) is 5.56 Å². The Morgan fingerprint density at radius 2 is 1.89 bits per heavy atom. The van der Waals surface area contributed by atoms with E-state index in [9.17, 15) is 5.11 Å². The van der Waals surface area contributed by atoms with Crippen molar-refractivity contribution in [1.82, 2.24) is 4.57 Å². The van der Waals surface area contributed by atoms with Crippen molar-refractivity contribution in [3.8, 4) is 5.88 Å². The van der Waals surface area contributed by atoms with Crippen LogP contribution in [0.1, 0.15) is 11.1 Å². The molecule has 0 unspecified atom stereocenters. The van der Waals surface area contributed by atoms with Crippen LogP contribution in [0.2, 0.25) is 0 Å². The van der Waals surface area contributed by atoms with E-state index in [-0.39, 0.29) is 0 Å². The molecule has 3 heteroatoms. The second-order valence-corrected chi connectivity index (χ2v) is 5.67. The van der Waals surface area contributed by atoms with Crippen molar-refractivity contribution in [3.05, 3.63) is 64.3 Å². The highest BCUT2D eigenvalue weighted by Crippen LogP contribution is 2.33. The molecule has 1 N–H and O–H groups in total. The number of aromatic hydroxyl groups is 1. The Kier molecular flexibility index (Phi) is 3.07. The quantitative estimate of drug-likeness (QED) is 0.741. The molecule has 0 fully saturated rings. The summed E-state index contributed by atoms with van der Waals surface area (Å²) in [7, 11) is 0. The van der Waals surface area contributed by atoms with Crippen LogP contribution in [0.4, 0.5) is 0 Å². The highest BCUT2D eigenvalue weighted by molar-refractivity contribution is 9.10. The largest absolute Gasteiger partial charge is 0.494 e. The Labute approximate surface area is 120 Å². The summed E-state index contributed by atoms with van der Waals surface area (Å²) in [5, 5.41) is 12.4. The maximum Gasteiger partial charge on any atom is 0.199 e. The minimum Gasteiger partial charge on any atom is -0.494 e. The summed E-state index contributed by atoms with van der Waals surface area (Å²) in [6, 6.07) is 14.2. The van der Waals surface area contributed by atoms with E-state index >= 15 is 0 Å². The average molecular weight is 316 g/mol. The number of benzene rings is 2. The van der Waals surface area contributed by atoms with E-state index < -0.39 is 0 Å². The van der Waals surface area contributed by atoms with E-state index in [0.717, 1.165) is 20.8 Å². The van der Waals surface area contributed by atoms with Crippen molar-refractivity contribution in [2.24, 2.45) is 0 Å². The van der Waals surface area contributed by atoms with Gasteiger partial charge >= 0.3 is 0 Å². The molecular formula is C16H14BrNO. The lowest BCUT2D eigenvalue weighted by Crippen LogP contribution is -1.96. The zero-order valence-electron chi connectivity index (χ0n) is 10.6. The molecule has 0 saturated heterocycles. The molecule has 0 aliphatic carbocycles. The number of fused-ring (bicyclic) bond motifs is 1. The normalized spacial score (nSPS) is 11.1. The Morgan fingerprint density at radius 1 is 1.16 bits per heavy atom. The van der Waals surface area contributed by atoms with Crippen molar-refractivity contribution in [3.63, 3.8) is 0 Å². The molecule has 3 aromatic rings. The van der Waals surface area contributed by atoms with Crippen LogP contribution in [0.25, 0.3) is 10.8 Å². The summed E-state index contributed by atoms with van der Waals surface area (Å²) in [6.07, 6.45) is 2.00. The molecule has 2 aromatic carbocycles. The molecule has 2 nitrogen and oxygen atoms in total. The Morgan fingerprint density at radius 3 is 2.63 bits per heavy atom. The van der Waals surface area contributed by atoms with E-state index in [1.54, 1.807) is 0 Å². The van der Waals surface area contributed by atoms with Gasteiger partial charge in [-0.05, 0) is 30.2 Å². The minimum absolute atomic E-state index is 0.337. The highest BCUT2D eigenvalue weighted by Gasteiger charge is 2.11. The first-order valence-corrected chi connectivity index (χ1v) is 6.96. The van der Waals surface area contributed by atoms with Crippen LogP contribution < -0.4 is 0 Å². The van der Waals surface area contributed by atoms with Crippen molar-refractivity contribution < 1.29 is 5.11 Å². The fourth-order valence-electron chi connectivity index (χ4n) is 2.45. The van der Waals surface area contributed by atoms with Gasteiger partial charge in [0.25, 0.3) is 0 Å². The van der Waals surface area contributed by atoms with Crippen molar-refractivity contribution in [1.29, 1.82) is 0 Å². The lowest BCUT2D eigenvalue weighted by atomic mass is 10.1. The van der Waals surface area contributed by atoms with Crippen LogP contribution >= 0.6 is 15.9 Å². The molecule has 0 spiro atoms. The number of halogens is 1. The van der Waals surface area contributed by atoms with Gasteiger partial charge in [0.15, 0.2) is 5.88 Å². The van der Waals surface area contributed by atoms with Gasteiger partial charge in [-0.15, -0.1) is 0 Å². The molecule has 3 rings (SSSR count). The fourth-order valence-corrected chi connectivity index (χ4v) is 3.04. The molecule has 0 bridgehead atoms. The Bertz CT molecular complexity index is 731. The van der Waals surface area contributed by atoms with Gasteiger partial charge in [-0.1, -0.05) is 46.3 Å². The second-order valence-electron chi connectivity index (χ2n) is 4.75.